The fourth-order valence-electron chi connectivity index (χ4n) is 2.84. The number of pyridine rings is 1. The Morgan fingerprint density at radius 1 is 0.857 bits per heavy atom. The van der Waals surface area contributed by atoms with Crippen molar-refractivity contribution in [1.29, 1.82) is 0 Å². The van der Waals surface area contributed by atoms with Crippen molar-refractivity contribution >= 4 is 23.2 Å². The fraction of sp³-hybridized carbons (Fsp3) is 0.136. The van der Waals surface area contributed by atoms with E-state index in [0.717, 1.165) is 11.1 Å². The summed E-state index contributed by atoms with van der Waals surface area (Å²) in [6.45, 7) is 3.94. The van der Waals surface area contributed by atoms with Gasteiger partial charge in [0.1, 0.15) is 11.4 Å². The Morgan fingerprint density at radius 3 is 2.29 bits per heavy atom. The number of nitrogens with zero attached hydrogens (tertiary/aromatic N) is 1. The molecule has 2 amide bonds. The van der Waals surface area contributed by atoms with Crippen molar-refractivity contribution in [3.63, 3.8) is 0 Å². The van der Waals surface area contributed by atoms with Crippen LogP contribution in [0.1, 0.15) is 32.0 Å². The van der Waals surface area contributed by atoms with Gasteiger partial charge in [-0.15, -0.1) is 0 Å². The van der Waals surface area contributed by atoms with Crippen LogP contribution < -0.4 is 15.4 Å². The lowest BCUT2D eigenvalue weighted by Crippen LogP contribution is -2.17. The van der Waals surface area contributed by atoms with Crippen molar-refractivity contribution in [2.45, 2.75) is 13.8 Å². The second-order valence-corrected chi connectivity index (χ2v) is 6.45. The van der Waals surface area contributed by atoms with Gasteiger partial charge in [-0.25, -0.2) is 0 Å². The Morgan fingerprint density at radius 2 is 1.57 bits per heavy atom. The number of carbonyl (C=O) groups excluding carboxylic acids is 2. The van der Waals surface area contributed by atoms with Gasteiger partial charge in [0, 0.05) is 29.2 Å². The van der Waals surface area contributed by atoms with Gasteiger partial charge < -0.3 is 15.4 Å². The van der Waals surface area contributed by atoms with Crippen molar-refractivity contribution in [3.8, 4) is 5.75 Å². The van der Waals surface area contributed by atoms with Crippen molar-refractivity contribution in [2.24, 2.45) is 0 Å². The molecule has 6 heteroatoms. The predicted molar refractivity (Wildman–Crippen MR) is 109 cm³/mol. The number of aromatic nitrogens is 1. The molecule has 0 saturated heterocycles. The number of amides is 2. The number of benzene rings is 2. The maximum absolute atomic E-state index is 12.6. The summed E-state index contributed by atoms with van der Waals surface area (Å²) < 4.78 is 5.15. The van der Waals surface area contributed by atoms with Crippen LogP contribution >= 0.6 is 0 Å². The second-order valence-electron chi connectivity index (χ2n) is 6.45. The number of hydrogen-bond acceptors (Lipinski definition) is 4. The fourth-order valence-corrected chi connectivity index (χ4v) is 2.84. The number of methoxy groups -OCH3 is 1. The summed E-state index contributed by atoms with van der Waals surface area (Å²) in [4.78, 5) is 29.1. The van der Waals surface area contributed by atoms with Gasteiger partial charge in [0.2, 0.25) is 0 Å². The van der Waals surface area contributed by atoms with Crippen molar-refractivity contribution in [2.75, 3.05) is 17.7 Å². The molecule has 0 atom stereocenters. The largest absolute Gasteiger partial charge is 0.497 e. The van der Waals surface area contributed by atoms with Crippen LogP contribution in [0, 0.1) is 13.8 Å². The second kappa shape index (κ2) is 8.35. The zero-order valence-electron chi connectivity index (χ0n) is 15.9. The summed E-state index contributed by atoms with van der Waals surface area (Å²) in [6, 6.07) is 15.9. The molecule has 28 heavy (non-hydrogen) atoms. The molecular formula is C22H21N3O3. The van der Waals surface area contributed by atoms with Gasteiger partial charge in [-0.1, -0.05) is 12.1 Å². The van der Waals surface area contributed by atoms with Crippen LogP contribution in [0.25, 0.3) is 0 Å². The Kier molecular flexibility index (Phi) is 5.69. The average Bonchev–Trinajstić information content (AvgIpc) is 2.67. The first-order valence-electron chi connectivity index (χ1n) is 8.76. The van der Waals surface area contributed by atoms with Crippen LogP contribution in [0.2, 0.25) is 0 Å². The first-order valence-corrected chi connectivity index (χ1v) is 8.76. The molecule has 0 unspecified atom stereocenters. The molecule has 3 rings (SSSR count). The highest BCUT2D eigenvalue weighted by molar-refractivity contribution is 6.07. The quantitative estimate of drug-likeness (QED) is 0.700. The van der Waals surface area contributed by atoms with E-state index in [1.807, 2.05) is 32.0 Å². The third kappa shape index (κ3) is 4.73. The van der Waals surface area contributed by atoms with E-state index < -0.39 is 5.91 Å². The lowest BCUT2D eigenvalue weighted by molar-refractivity contribution is 0.102. The number of carbonyl (C=O) groups is 2. The van der Waals surface area contributed by atoms with E-state index in [0.29, 0.717) is 22.7 Å². The third-order valence-electron chi connectivity index (χ3n) is 4.06. The standard InChI is InChI=1S/C22H21N3O3/c1-14-9-15(2)11-18(10-14)25-21(26)16-7-8-23-20(12-16)22(27)24-17-5-4-6-19(13-17)28-3/h4-13H,1-3H3,(H,24,27)(H,25,26). The van der Waals surface area contributed by atoms with Gasteiger partial charge in [0.25, 0.3) is 11.8 Å². The Balaban J connectivity index is 1.75. The SMILES string of the molecule is COc1cccc(NC(=O)c2cc(C(=O)Nc3cc(C)cc(C)c3)ccn2)c1. The van der Waals surface area contributed by atoms with Crippen LogP contribution in [-0.2, 0) is 0 Å². The van der Waals surface area contributed by atoms with Gasteiger partial charge >= 0.3 is 0 Å². The van der Waals surface area contributed by atoms with Crippen molar-refractivity contribution < 1.29 is 14.3 Å². The molecule has 1 heterocycles. The van der Waals surface area contributed by atoms with Crippen LogP contribution in [0.5, 0.6) is 5.75 Å². The van der Waals surface area contributed by atoms with Crippen LogP contribution in [-0.4, -0.2) is 23.9 Å². The minimum absolute atomic E-state index is 0.149. The summed E-state index contributed by atoms with van der Waals surface area (Å²) in [5.41, 5.74) is 3.91. The van der Waals surface area contributed by atoms with E-state index in [1.165, 1.54) is 12.3 Å². The number of rotatable bonds is 5. The van der Waals surface area contributed by atoms with Gasteiger partial charge in [-0.05, 0) is 61.4 Å². The minimum atomic E-state index is -0.408. The molecule has 3 aromatic rings. The van der Waals surface area contributed by atoms with Crippen LogP contribution in [0.3, 0.4) is 0 Å². The van der Waals surface area contributed by atoms with Gasteiger partial charge in [0.15, 0.2) is 0 Å². The summed E-state index contributed by atoms with van der Waals surface area (Å²) in [7, 11) is 1.56. The lowest BCUT2D eigenvalue weighted by atomic mass is 10.1. The van der Waals surface area contributed by atoms with Gasteiger partial charge in [0.05, 0.1) is 7.11 Å². The molecule has 0 aliphatic rings. The Hall–Kier alpha value is -3.67. The Labute approximate surface area is 163 Å². The summed E-state index contributed by atoms with van der Waals surface area (Å²) in [5, 5.41) is 5.61. The summed E-state index contributed by atoms with van der Waals surface area (Å²) >= 11 is 0. The summed E-state index contributed by atoms with van der Waals surface area (Å²) in [5.74, 6) is -0.0792. The molecule has 0 fully saturated rings. The molecule has 142 valence electrons. The molecule has 2 N–H and O–H groups in total. The average molecular weight is 375 g/mol. The third-order valence-corrected chi connectivity index (χ3v) is 4.06. The molecule has 1 aromatic heterocycles. The van der Waals surface area contributed by atoms with E-state index in [1.54, 1.807) is 37.4 Å². The molecule has 0 aliphatic carbocycles. The number of ether oxygens (including phenoxy) is 1. The monoisotopic (exact) mass is 375 g/mol. The zero-order valence-corrected chi connectivity index (χ0v) is 15.9. The molecule has 0 spiro atoms. The zero-order chi connectivity index (χ0) is 20.1. The summed E-state index contributed by atoms with van der Waals surface area (Å²) in [6.07, 6.45) is 1.44. The van der Waals surface area contributed by atoms with Gasteiger partial charge in [-0.3, -0.25) is 14.6 Å². The maximum Gasteiger partial charge on any atom is 0.274 e. The lowest BCUT2D eigenvalue weighted by Gasteiger charge is -2.09. The molecule has 6 nitrogen and oxygen atoms in total. The van der Waals surface area contributed by atoms with E-state index in [2.05, 4.69) is 15.6 Å². The highest BCUT2D eigenvalue weighted by Gasteiger charge is 2.13. The van der Waals surface area contributed by atoms with E-state index >= 15 is 0 Å². The normalized spacial score (nSPS) is 10.2. The van der Waals surface area contributed by atoms with E-state index in [4.69, 9.17) is 4.74 Å². The number of nitrogens with one attached hydrogen (secondary N) is 2. The minimum Gasteiger partial charge on any atom is -0.497 e. The molecular weight excluding hydrogens is 354 g/mol. The van der Waals surface area contributed by atoms with Crippen LogP contribution in [0.4, 0.5) is 11.4 Å². The predicted octanol–water partition coefficient (Wildman–Crippen LogP) is 4.21. The highest BCUT2D eigenvalue weighted by Crippen LogP contribution is 2.18. The smallest absolute Gasteiger partial charge is 0.274 e. The van der Waals surface area contributed by atoms with E-state index in [-0.39, 0.29) is 11.6 Å². The first kappa shape index (κ1) is 19.1. The first-order chi connectivity index (χ1) is 13.4. The van der Waals surface area contributed by atoms with Crippen molar-refractivity contribution in [3.05, 3.63) is 83.2 Å². The van der Waals surface area contributed by atoms with Crippen LogP contribution in [0.15, 0.2) is 60.8 Å². The van der Waals surface area contributed by atoms with E-state index in [9.17, 15) is 9.59 Å². The molecule has 2 aromatic carbocycles. The highest BCUT2D eigenvalue weighted by atomic mass is 16.5. The molecule has 0 saturated carbocycles. The number of anilines is 2. The van der Waals surface area contributed by atoms with Gasteiger partial charge in [-0.2, -0.15) is 0 Å². The molecule has 0 aliphatic heterocycles. The number of hydrogen-bond donors (Lipinski definition) is 2. The molecule has 0 bridgehead atoms. The topological polar surface area (TPSA) is 80.3 Å². The molecule has 0 radical (unpaired) electrons. The maximum atomic E-state index is 12.6. The number of aryl methyl sites for hydroxylation is 2. The Bertz CT molecular complexity index is 1010. The van der Waals surface area contributed by atoms with Crippen molar-refractivity contribution in [1.82, 2.24) is 4.98 Å².